The van der Waals surface area contributed by atoms with E-state index >= 15 is 0 Å². The quantitative estimate of drug-likeness (QED) is 0.504. The second kappa shape index (κ2) is 7.52. The minimum absolute atomic E-state index is 0.161. The lowest BCUT2D eigenvalue weighted by Crippen LogP contribution is -2.07. The molecule has 3 heterocycles. The first-order valence-electron chi connectivity index (χ1n) is 10.5. The van der Waals surface area contributed by atoms with Gasteiger partial charge in [-0.3, -0.25) is 9.78 Å². The molecule has 6 nitrogen and oxygen atoms in total. The largest absolute Gasteiger partial charge is 0.337 e. The highest BCUT2D eigenvalue weighted by molar-refractivity contribution is 5.89. The minimum Gasteiger partial charge on any atom is -0.337 e. The lowest BCUT2D eigenvalue weighted by atomic mass is 9.96. The number of aryl methyl sites for hydroxylation is 1. The maximum absolute atomic E-state index is 12.0. The monoisotopic (exact) mass is 399 g/mol. The van der Waals surface area contributed by atoms with Gasteiger partial charge in [0, 0.05) is 18.9 Å². The second-order valence-corrected chi connectivity index (χ2v) is 8.63. The van der Waals surface area contributed by atoms with Crippen molar-refractivity contribution in [3.05, 3.63) is 77.4 Å². The van der Waals surface area contributed by atoms with Gasteiger partial charge in [-0.15, -0.1) is 0 Å². The van der Waals surface area contributed by atoms with Crippen LogP contribution in [0.1, 0.15) is 31.7 Å². The molecule has 1 aliphatic rings. The zero-order chi connectivity index (χ0) is 20.6. The molecule has 2 atom stereocenters. The third-order valence-corrected chi connectivity index (χ3v) is 6.46. The highest BCUT2D eigenvalue weighted by Gasteiger charge is 2.48. The topological polar surface area (TPSA) is 76.5 Å². The summed E-state index contributed by atoms with van der Waals surface area (Å²) in [6.07, 6.45) is 11.7. The summed E-state index contributed by atoms with van der Waals surface area (Å²) < 4.78 is 2.11. The lowest BCUT2D eigenvalue weighted by Gasteiger charge is -2.11. The van der Waals surface area contributed by atoms with Crippen LogP contribution in [0.3, 0.4) is 0 Å². The van der Waals surface area contributed by atoms with E-state index in [1.807, 2.05) is 12.5 Å². The molecule has 1 N–H and O–H groups in total. The average molecular weight is 399 g/mol. The van der Waals surface area contributed by atoms with Crippen molar-refractivity contribution < 1.29 is 0 Å². The van der Waals surface area contributed by atoms with Gasteiger partial charge in [-0.2, -0.15) is 0 Å². The van der Waals surface area contributed by atoms with Crippen LogP contribution in [0.15, 0.2) is 66.2 Å². The Labute approximate surface area is 175 Å². The van der Waals surface area contributed by atoms with Crippen LogP contribution in [0.25, 0.3) is 22.3 Å². The van der Waals surface area contributed by atoms with Crippen molar-refractivity contribution in [3.63, 3.8) is 0 Å². The van der Waals surface area contributed by atoms with E-state index in [1.165, 1.54) is 31.2 Å². The summed E-state index contributed by atoms with van der Waals surface area (Å²) in [5.41, 5.74) is 3.72. The van der Waals surface area contributed by atoms with E-state index in [0.29, 0.717) is 22.0 Å². The van der Waals surface area contributed by atoms with Gasteiger partial charge in [-0.1, -0.05) is 37.3 Å². The molecular formula is C24H25N5O. The maximum Gasteiger partial charge on any atom is 0.258 e. The number of aromatic nitrogens is 5. The summed E-state index contributed by atoms with van der Waals surface area (Å²) in [6, 6.07) is 12.5. The number of H-pyrrole nitrogens is 1. The van der Waals surface area contributed by atoms with Crippen molar-refractivity contribution in [1.82, 2.24) is 24.5 Å². The molecule has 1 aromatic carbocycles. The van der Waals surface area contributed by atoms with Crippen molar-refractivity contribution in [2.75, 3.05) is 0 Å². The fraction of sp³-hybridized carbons (Fsp3) is 0.333. The summed E-state index contributed by atoms with van der Waals surface area (Å²) in [7, 11) is 0. The number of nitrogens with zero attached hydrogens (tertiary/aromatic N) is 4. The Morgan fingerprint density at radius 2 is 2.03 bits per heavy atom. The molecule has 0 aliphatic heterocycles. The van der Waals surface area contributed by atoms with Crippen molar-refractivity contribution >= 4 is 10.9 Å². The van der Waals surface area contributed by atoms with Gasteiger partial charge in [0.15, 0.2) is 0 Å². The molecule has 6 heteroatoms. The van der Waals surface area contributed by atoms with Gasteiger partial charge in [-0.05, 0) is 48.6 Å². The van der Waals surface area contributed by atoms with Crippen molar-refractivity contribution in [1.29, 1.82) is 0 Å². The third-order valence-electron chi connectivity index (χ3n) is 6.46. The van der Waals surface area contributed by atoms with Crippen LogP contribution in [0.4, 0.5) is 0 Å². The van der Waals surface area contributed by atoms with E-state index in [4.69, 9.17) is 0 Å². The molecule has 0 spiro atoms. The number of imidazole rings is 1. The highest BCUT2D eigenvalue weighted by Crippen LogP contribution is 2.56. The molecule has 1 saturated carbocycles. The normalized spacial score (nSPS) is 20.5. The number of hydrogen-bond acceptors (Lipinski definition) is 4. The predicted octanol–water partition coefficient (Wildman–Crippen LogP) is 4.23. The average Bonchev–Trinajstić information content (AvgIpc) is 3.16. The van der Waals surface area contributed by atoms with Crippen LogP contribution >= 0.6 is 0 Å². The van der Waals surface area contributed by atoms with Gasteiger partial charge >= 0.3 is 0 Å². The third kappa shape index (κ3) is 3.65. The molecule has 1 aliphatic carbocycles. The molecule has 5 rings (SSSR count). The van der Waals surface area contributed by atoms with Gasteiger partial charge in [0.2, 0.25) is 0 Å². The van der Waals surface area contributed by atoms with Crippen molar-refractivity contribution in [3.8, 4) is 11.4 Å². The number of hydrogen-bond donors (Lipinski definition) is 1. The Kier molecular flexibility index (Phi) is 4.69. The van der Waals surface area contributed by atoms with E-state index in [2.05, 4.69) is 61.8 Å². The van der Waals surface area contributed by atoms with Gasteiger partial charge in [0.05, 0.1) is 18.0 Å². The van der Waals surface area contributed by atoms with Gasteiger partial charge in [0.25, 0.3) is 5.56 Å². The first-order valence-corrected chi connectivity index (χ1v) is 10.5. The standard InChI is InChI=1S/C24H25N5O/c1-24(13-18(24)12-17-6-3-2-4-7-17)9-5-11-29-14-20(28-16-29)22-21-19(8-10-25-22)23(30)27-15-26-21/h2-4,6-8,10,14-16,18H,5,9,11-13H2,1H3,(H,26,27,30). The zero-order valence-electron chi connectivity index (χ0n) is 17.1. The minimum atomic E-state index is -0.161. The van der Waals surface area contributed by atoms with Crippen LogP contribution in [-0.4, -0.2) is 24.5 Å². The molecule has 4 aromatic rings. The molecule has 0 amide bonds. The Morgan fingerprint density at radius 3 is 2.90 bits per heavy atom. The number of fused-ring (bicyclic) bond motifs is 1. The molecule has 152 valence electrons. The van der Waals surface area contributed by atoms with Crippen LogP contribution < -0.4 is 5.56 Å². The molecule has 3 aromatic heterocycles. The van der Waals surface area contributed by atoms with Crippen LogP contribution in [0.5, 0.6) is 0 Å². The molecule has 30 heavy (non-hydrogen) atoms. The fourth-order valence-electron chi connectivity index (χ4n) is 4.49. The number of benzene rings is 1. The number of pyridine rings is 1. The van der Waals surface area contributed by atoms with Crippen LogP contribution in [0.2, 0.25) is 0 Å². The lowest BCUT2D eigenvalue weighted by molar-refractivity contribution is 0.423. The van der Waals surface area contributed by atoms with E-state index in [1.54, 1.807) is 12.3 Å². The fourth-order valence-corrected chi connectivity index (χ4v) is 4.49. The predicted molar refractivity (Wildman–Crippen MR) is 117 cm³/mol. The molecule has 0 radical (unpaired) electrons. The van der Waals surface area contributed by atoms with E-state index in [-0.39, 0.29) is 5.56 Å². The van der Waals surface area contributed by atoms with E-state index in [0.717, 1.165) is 24.6 Å². The zero-order valence-corrected chi connectivity index (χ0v) is 17.1. The van der Waals surface area contributed by atoms with E-state index < -0.39 is 0 Å². The van der Waals surface area contributed by atoms with Gasteiger partial charge in [0.1, 0.15) is 16.9 Å². The van der Waals surface area contributed by atoms with Crippen LogP contribution in [0, 0.1) is 11.3 Å². The number of nitrogens with one attached hydrogen (secondary N) is 1. The Balaban J connectivity index is 1.22. The van der Waals surface area contributed by atoms with Gasteiger partial charge in [-0.25, -0.2) is 9.97 Å². The first-order chi connectivity index (χ1) is 14.6. The summed E-state index contributed by atoms with van der Waals surface area (Å²) in [6.45, 7) is 3.35. The van der Waals surface area contributed by atoms with Crippen molar-refractivity contribution in [2.45, 2.75) is 39.2 Å². The molecule has 0 bridgehead atoms. The molecule has 2 unspecified atom stereocenters. The second-order valence-electron chi connectivity index (χ2n) is 8.63. The molecule has 1 fully saturated rings. The Morgan fingerprint density at radius 1 is 1.17 bits per heavy atom. The first kappa shape index (κ1) is 18.7. The Hall–Kier alpha value is -3.28. The smallest absolute Gasteiger partial charge is 0.258 e. The molecule has 0 saturated heterocycles. The summed E-state index contributed by atoms with van der Waals surface area (Å²) >= 11 is 0. The summed E-state index contributed by atoms with van der Waals surface area (Å²) in [4.78, 5) is 27.8. The highest BCUT2D eigenvalue weighted by atomic mass is 16.1. The molecular weight excluding hydrogens is 374 g/mol. The number of aromatic amines is 1. The number of rotatable bonds is 7. The SMILES string of the molecule is CC1(CCCn2cnc(-c3nccc4c(=O)[nH]cnc34)c2)CC1Cc1ccccc1. The van der Waals surface area contributed by atoms with Gasteiger partial charge < -0.3 is 9.55 Å². The van der Waals surface area contributed by atoms with Crippen molar-refractivity contribution in [2.24, 2.45) is 11.3 Å². The van der Waals surface area contributed by atoms with Crippen LogP contribution in [-0.2, 0) is 13.0 Å². The van der Waals surface area contributed by atoms with E-state index in [9.17, 15) is 4.79 Å². The summed E-state index contributed by atoms with van der Waals surface area (Å²) in [5.74, 6) is 0.794. The Bertz CT molecular complexity index is 1230. The summed E-state index contributed by atoms with van der Waals surface area (Å²) in [5, 5.41) is 0.531. The maximum atomic E-state index is 12.0.